The van der Waals surface area contributed by atoms with Crippen molar-refractivity contribution >= 4 is 23.0 Å². The molecule has 0 aliphatic heterocycles. The molecule has 0 spiro atoms. The van der Waals surface area contributed by atoms with Crippen molar-refractivity contribution < 1.29 is 0 Å². The number of hydrogen-bond donors (Lipinski definition) is 2. The van der Waals surface area contributed by atoms with E-state index in [0.29, 0.717) is 5.11 Å². The van der Waals surface area contributed by atoms with Crippen LogP contribution in [0.3, 0.4) is 0 Å². The van der Waals surface area contributed by atoms with E-state index in [1.165, 1.54) is 22.3 Å². The Labute approximate surface area is 132 Å². The van der Waals surface area contributed by atoms with Crippen molar-refractivity contribution in [1.82, 2.24) is 5.32 Å². The van der Waals surface area contributed by atoms with Gasteiger partial charge in [0.2, 0.25) is 0 Å². The van der Waals surface area contributed by atoms with Gasteiger partial charge in [0.1, 0.15) is 0 Å². The molecule has 0 aliphatic rings. The van der Waals surface area contributed by atoms with Gasteiger partial charge < -0.3 is 10.6 Å². The summed E-state index contributed by atoms with van der Waals surface area (Å²) in [6.45, 7) is 8.41. The number of aryl methyl sites for hydroxylation is 2. The van der Waals surface area contributed by atoms with E-state index in [0.717, 1.165) is 5.69 Å². The molecular weight excluding hydrogens is 276 g/mol. The normalized spacial score (nSPS) is 11.8. The number of rotatable bonds is 3. The fourth-order valence-corrected chi connectivity index (χ4v) is 2.47. The first-order valence-electron chi connectivity index (χ1n) is 7.17. The molecule has 2 N–H and O–H groups in total. The molecule has 2 aromatic carbocycles. The minimum absolute atomic E-state index is 0.177. The Morgan fingerprint density at radius 2 is 1.67 bits per heavy atom. The third-order valence-corrected chi connectivity index (χ3v) is 4.00. The lowest BCUT2D eigenvalue weighted by Gasteiger charge is -2.19. The van der Waals surface area contributed by atoms with Crippen LogP contribution in [0.1, 0.15) is 35.2 Å². The van der Waals surface area contributed by atoms with Crippen LogP contribution in [0.2, 0.25) is 0 Å². The maximum absolute atomic E-state index is 5.42. The van der Waals surface area contributed by atoms with Crippen molar-refractivity contribution in [2.24, 2.45) is 0 Å². The first-order chi connectivity index (χ1) is 9.97. The Morgan fingerprint density at radius 1 is 1.00 bits per heavy atom. The lowest BCUT2D eigenvalue weighted by atomic mass is 10.1. The summed E-state index contributed by atoms with van der Waals surface area (Å²) in [5.74, 6) is 0. The van der Waals surface area contributed by atoms with Gasteiger partial charge in [-0.15, -0.1) is 0 Å². The second-order valence-electron chi connectivity index (χ2n) is 5.48. The van der Waals surface area contributed by atoms with E-state index in [2.05, 4.69) is 68.7 Å². The van der Waals surface area contributed by atoms with Gasteiger partial charge in [-0.1, -0.05) is 42.0 Å². The molecule has 110 valence electrons. The summed E-state index contributed by atoms with van der Waals surface area (Å²) in [6.07, 6.45) is 0. The number of thiocarbonyl (C=S) groups is 1. The Kier molecular flexibility index (Phi) is 4.97. The largest absolute Gasteiger partial charge is 0.356 e. The van der Waals surface area contributed by atoms with Gasteiger partial charge in [-0.3, -0.25) is 0 Å². The van der Waals surface area contributed by atoms with Gasteiger partial charge in [-0.2, -0.15) is 0 Å². The maximum Gasteiger partial charge on any atom is 0.171 e. The zero-order valence-electron chi connectivity index (χ0n) is 13.0. The Balaban J connectivity index is 2.01. The Morgan fingerprint density at radius 3 is 2.33 bits per heavy atom. The smallest absolute Gasteiger partial charge is 0.171 e. The zero-order chi connectivity index (χ0) is 15.4. The second-order valence-corrected chi connectivity index (χ2v) is 5.89. The van der Waals surface area contributed by atoms with Crippen LogP contribution in [0.5, 0.6) is 0 Å². The maximum atomic E-state index is 5.42. The highest BCUT2D eigenvalue weighted by atomic mass is 32.1. The van der Waals surface area contributed by atoms with Gasteiger partial charge in [0.25, 0.3) is 0 Å². The molecular formula is C18H22N2S. The molecule has 1 unspecified atom stereocenters. The van der Waals surface area contributed by atoms with Gasteiger partial charge in [0.05, 0.1) is 6.04 Å². The van der Waals surface area contributed by atoms with Gasteiger partial charge >= 0.3 is 0 Å². The van der Waals surface area contributed by atoms with E-state index in [1.54, 1.807) is 0 Å². The molecule has 2 rings (SSSR count). The summed E-state index contributed by atoms with van der Waals surface area (Å²) < 4.78 is 0. The average molecular weight is 298 g/mol. The minimum atomic E-state index is 0.177. The van der Waals surface area contributed by atoms with Crippen molar-refractivity contribution in [2.45, 2.75) is 33.7 Å². The van der Waals surface area contributed by atoms with Crippen LogP contribution in [-0.4, -0.2) is 5.11 Å². The molecule has 0 aromatic heterocycles. The molecule has 1 atom stereocenters. The topological polar surface area (TPSA) is 24.1 Å². The molecule has 21 heavy (non-hydrogen) atoms. The summed E-state index contributed by atoms with van der Waals surface area (Å²) in [6, 6.07) is 14.9. The van der Waals surface area contributed by atoms with Crippen molar-refractivity contribution in [3.8, 4) is 0 Å². The van der Waals surface area contributed by atoms with E-state index in [-0.39, 0.29) is 6.04 Å². The van der Waals surface area contributed by atoms with Crippen LogP contribution >= 0.6 is 12.2 Å². The monoisotopic (exact) mass is 298 g/mol. The highest BCUT2D eigenvalue weighted by Gasteiger charge is 2.08. The van der Waals surface area contributed by atoms with Crippen LogP contribution < -0.4 is 10.6 Å². The molecule has 0 fully saturated rings. The lowest BCUT2D eigenvalue weighted by Crippen LogP contribution is -2.31. The molecule has 3 heteroatoms. The third-order valence-electron chi connectivity index (χ3n) is 3.78. The Bertz CT molecular complexity index is 632. The first kappa shape index (κ1) is 15.5. The lowest BCUT2D eigenvalue weighted by molar-refractivity contribution is 0.722. The van der Waals surface area contributed by atoms with E-state index in [1.807, 2.05) is 12.1 Å². The second kappa shape index (κ2) is 6.72. The summed E-state index contributed by atoms with van der Waals surface area (Å²) in [5.41, 5.74) is 6.04. The van der Waals surface area contributed by atoms with Gasteiger partial charge in [-0.25, -0.2) is 0 Å². The fourth-order valence-electron chi connectivity index (χ4n) is 2.18. The highest BCUT2D eigenvalue weighted by Crippen LogP contribution is 2.18. The third kappa shape index (κ3) is 4.05. The molecule has 0 aliphatic carbocycles. The van der Waals surface area contributed by atoms with E-state index in [4.69, 9.17) is 12.2 Å². The van der Waals surface area contributed by atoms with Crippen molar-refractivity contribution in [3.63, 3.8) is 0 Å². The van der Waals surface area contributed by atoms with Crippen LogP contribution in [0.25, 0.3) is 0 Å². The average Bonchev–Trinajstić information content (AvgIpc) is 2.44. The SMILES string of the molecule is Cc1ccc(C(C)NC(=S)Nc2cccc(C)c2C)cc1. The van der Waals surface area contributed by atoms with Crippen LogP contribution in [0.4, 0.5) is 5.69 Å². The predicted molar refractivity (Wildman–Crippen MR) is 94.9 cm³/mol. The highest BCUT2D eigenvalue weighted by molar-refractivity contribution is 7.80. The molecule has 2 nitrogen and oxygen atoms in total. The standard InChI is InChI=1S/C18H22N2S/c1-12-8-10-16(11-9-12)15(4)19-18(21)20-17-7-5-6-13(2)14(17)3/h5-11,15H,1-4H3,(H2,19,20,21). The van der Waals surface area contributed by atoms with Crippen molar-refractivity contribution in [1.29, 1.82) is 0 Å². The molecule has 0 amide bonds. The zero-order valence-corrected chi connectivity index (χ0v) is 13.8. The summed E-state index contributed by atoms with van der Waals surface area (Å²) in [7, 11) is 0. The van der Waals surface area contributed by atoms with E-state index >= 15 is 0 Å². The number of anilines is 1. The van der Waals surface area contributed by atoms with Crippen molar-refractivity contribution in [2.75, 3.05) is 5.32 Å². The summed E-state index contributed by atoms with van der Waals surface area (Å²) >= 11 is 5.42. The molecule has 2 aromatic rings. The number of nitrogens with one attached hydrogen (secondary N) is 2. The first-order valence-corrected chi connectivity index (χ1v) is 7.58. The number of hydrogen-bond acceptors (Lipinski definition) is 1. The van der Waals surface area contributed by atoms with Gasteiger partial charge in [0.15, 0.2) is 5.11 Å². The van der Waals surface area contributed by atoms with Crippen LogP contribution in [0, 0.1) is 20.8 Å². The van der Waals surface area contributed by atoms with E-state index in [9.17, 15) is 0 Å². The summed E-state index contributed by atoms with van der Waals surface area (Å²) in [4.78, 5) is 0. The van der Waals surface area contributed by atoms with E-state index < -0.39 is 0 Å². The van der Waals surface area contributed by atoms with Crippen LogP contribution in [0.15, 0.2) is 42.5 Å². The number of benzene rings is 2. The van der Waals surface area contributed by atoms with Crippen LogP contribution in [-0.2, 0) is 0 Å². The quantitative estimate of drug-likeness (QED) is 0.806. The molecule has 0 saturated heterocycles. The molecule has 0 radical (unpaired) electrons. The van der Waals surface area contributed by atoms with Gasteiger partial charge in [0, 0.05) is 5.69 Å². The summed E-state index contributed by atoms with van der Waals surface area (Å²) in [5, 5.41) is 7.26. The van der Waals surface area contributed by atoms with Crippen molar-refractivity contribution in [3.05, 3.63) is 64.7 Å². The van der Waals surface area contributed by atoms with Gasteiger partial charge in [-0.05, 0) is 62.7 Å². The predicted octanol–water partition coefficient (Wildman–Crippen LogP) is 4.66. The molecule has 0 bridgehead atoms. The molecule has 0 heterocycles. The Hall–Kier alpha value is -1.87. The molecule has 0 saturated carbocycles. The fraction of sp³-hybridized carbons (Fsp3) is 0.278. The minimum Gasteiger partial charge on any atom is -0.356 e.